The highest BCUT2D eigenvalue weighted by Crippen LogP contribution is 2.21. The number of amides is 2. The fraction of sp³-hybridized carbons (Fsp3) is 0.182. The van der Waals surface area contributed by atoms with Crippen molar-refractivity contribution in [3.8, 4) is 0 Å². The van der Waals surface area contributed by atoms with E-state index in [0.717, 1.165) is 4.90 Å². The molecular formula is C11H8N2O3. The van der Waals surface area contributed by atoms with Gasteiger partial charge in [-0.15, -0.1) is 0 Å². The van der Waals surface area contributed by atoms with Crippen molar-refractivity contribution in [2.24, 2.45) is 4.99 Å². The van der Waals surface area contributed by atoms with Crippen LogP contribution in [-0.4, -0.2) is 35.9 Å². The van der Waals surface area contributed by atoms with Gasteiger partial charge < -0.3 is 0 Å². The van der Waals surface area contributed by atoms with E-state index in [0.29, 0.717) is 11.1 Å². The van der Waals surface area contributed by atoms with E-state index in [1.54, 1.807) is 24.3 Å². The molecular weight excluding hydrogens is 208 g/mol. The summed E-state index contributed by atoms with van der Waals surface area (Å²) in [6.45, 7) is 0.205. The Labute approximate surface area is 91.4 Å². The van der Waals surface area contributed by atoms with Gasteiger partial charge >= 0.3 is 0 Å². The number of fused-ring (bicyclic) bond motifs is 1. The molecule has 1 aromatic rings. The van der Waals surface area contributed by atoms with Gasteiger partial charge in [0, 0.05) is 6.54 Å². The summed E-state index contributed by atoms with van der Waals surface area (Å²) in [6.07, 6.45) is 1.37. The van der Waals surface area contributed by atoms with E-state index in [-0.39, 0.29) is 24.9 Å². The molecule has 5 nitrogen and oxygen atoms in total. The van der Waals surface area contributed by atoms with E-state index in [1.807, 2.05) is 0 Å². The first kappa shape index (κ1) is 10.3. The van der Waals surface area contributed by atoms with Crippen LogP contribution >= 0.6 is 0 Å². The fourth-order valence-electron chi connectivity index (χ4n) is 1.64. The van der Waals surface area contributed by atoms with Gasteiger partial charge in [0.25, 0.3) is 11.8 Å². The average molecular weight is 216 g/mol. The maximum atomic E-state index is 11.8. The number of hydrogen-bond acceptors (Lipinski definition) is 4. The van der Waals surface area contributed by atoms with Gasteiger partial charge in [-0.3, -0.25) is 14.5 Å². The number of rotatable bonds is 3. The molecule has 0 saturated heterocycles. The van der Waals surface area contributed by atoms with E-state index in [4.69, 9.17) is 0 Å². The van der Waals surface area contributed by atoms with Crippen LogP contribution in [0.5, 0.6) is 0 Å². The number of nitrogens with zero attached hydrogens (tertiary/aromatic N) is 2. The third-order valence-corrected chi connectivity index (χ3v) is 2.38. The molecule has 0 N–H and O–H groups in total. The molecule has 1 aromatic carbocycles. The summed E-state index contributed by atoms with van der Waals surface area (Å²) in [5, 5.41) is 0. The predicted octanol–water partition coefficient (Wildman–Crippen LogP) is 0.618. The van der Waals surface area contributed by atoms with Gasteiger partial charge in [-0.25, -0.2) is 9.79 Å². The molecule has 1 heterocycles. The summed E-state index contributed by atoms with van der Waals surface area (Å²) in [7, 11) is 0. The molecule has 1 aliphatic heterocycles. The summed E-state index contributed by atoms with van der Waals surface area (Å²) < 4.78 is 0. The Hall–Kier alpha value is -2.26. The van der Waals surface area contributed by atoms with Gasteiger partial charge in [0.1, 0.15) is 0 Å². The lowest BCUT2D eigenvalue weighted by atomic mass is 10.1. The Morgan fingerprint density at radius 1 is 1.12 bits per heavy atom. The molecule has 16 heavy (non-hydrogen) atoms. The quantitative estimate of drug-likeness (QED) is 0.422. The van der Waals surface area contributed by atoms with Crippen LogP contribution in [0.2, 0.25) is 0 Å². The van der Waals surface area contributed by atoms with Crippen LogP contribution < -0.4 is 0 Å². The maximum Gasteiger partial charge on any atom is 0.261 e. The molecule has 80 valence electrons. The van der Waals surface area contributed by atoms with Crippen LogP contribution in [-0.2, 0) is 4.79 Å². The molecule has 2 amide bonds. The van der Waals surface area contributed by atoms with Crippen molar-refractivity contribution in [3.05, 3.63) is 35.4 Å². The zero-order valence-corrected chi connectivity index (χ0v) is 8.34. The van der Waals surface area contributed by atoms with E-state index < -0.39 is 0 Å². The van der Waals surface area contributed by atoms with E-state index in [1.165, 1.54) is 6.08 Å². The highest BCUT2D eigenvalue weighted by atomic mass is 16.2. The number of carbonyl (C=O) groups excluding carboxylic acids is 3. The van der Waals surface area contributed by atoms with Gasteiger partial charge in [0.05, 0.1) is 17.7 Å². The van der Waals surface area contributed by atoms with Gasteiger partial charge in [-0.05, 0) is 12.1 Å². The SMILES string of the molecule is O=C=NCCN1C(=O)c2ccccc2C1=O. The van der Waals surface area contributed by atoms with Crippen LogP contribution in [0.25, 0.3) is 0 Å². The third kappa shape index (κ3) is 1.53. The standard InChI is InChI=1S/C11H8N2O3/c14-7-12-5-6-13-10(15)8-3-1-2-4-9(8)11(13)16/h1-4H,5-6H2. The molecule has 0 spiro atoms. The summed E-state index contributed by atoms with van der Waals surface area (Å²) in [6, 6.07) is 6.63. The number of carbonyl (C=O) groups is 2. The molecule has 1 aliphatic rings. The zero-order valence-electron chi connectivity index (χ0n) is 8.34. The predicted molar refractivity (Wildman–Crippen MR) is 54.8 cm³/mol. The molecule has 0 aliphatic carbocycles. The maximum absolute atomic E-state index is 11.8. The second kappa shape index (κ2) is 4.08. The summed E-state index contributed by atoms with van der Waals surface area (Å²) in [4.78, 5) is 37.8. The monoisotopic (exact) mass is 216 g/mol. The van der Waals surface area contributed by atoms with Crippen molar-refractivity contribution in [2.45, 2.75) is 0 Å². The minimum atomic E-state index is -0.332. The fourth-order valence-corrected chi connectivity index (χ4v) is 1.64. The third-order valence-electron chi connectivity index (χ3n) is 2.38. The molecule has 0 saturated carbocycles. The van der Waals surface area contributed by atoms with E-state index in [2.05, 4.69) is 4.99 Å². The molecule has 0 unspecified atom stereocenters. The van der Waals surface area contributed by atoms with Crippen LogP contribution in [0.1, 0.15) is 20.7 Å². The highest BCUT2D eigenvalue weighted by molar-refractivity contribution is 6.21. The molecule has 0 fully saturated rings. The lowest BCUT2D eigenvalue weighted by Gasteiger charge is -2.10. The number of aliphatic imine (C=N–C) groups is 1. The second-order valence-corrected chi connectivity index (χ2v) is 3.28. The summed E-state index contributed by atoms with van der Waals surface area (Å²) in [5.74, 6) is -0.664. The summed E-state index contributed by atoms with van der Waals surface area (Å²) in [5.41, 5.74) is 0.810. The number of benzene rings is 1. The molecule has 0 radical (unpaired) electrons. The highest BCUT2D eigenvalue weighted by Gasteiger charge is 2.34. The number of imide groups is 1. The van der Waals surface area contributed by atoms with Crippen molar-refractivity contribution < 1.29 is 14.4 Å². The number of hydrogen-bond donors (Lipinski definition) is 0. The van der Waals surface area contributed by atoms with E-state index >= 15 is 0 Å². The van der Waals surface area contributed by atoms with Crippen molar-refractivity contribution in [1.29, 1.82) is 0 Å². The van der Waals surface area contributed by atoms with Crippen molar-refractivity contribution >= 4 is 17.9 Å². The lowest BCUT2D eigenvalue weighted by molar-refractivity contribution is 0.0659. The van der Waals surface area contributed by atoms with Crippen molar-refractivity contribution in [3.63, 3.8) is 0 Å². The van der Waals surface area contributed by atoms with Crippen LogP contribution in [0.4, 0.5) is 0 Å². The first-order valence-corrected chi connectivity index (χ1v) is 4.74. The second-order valence-electron chi connectivity index (χ2n) is 3.28. The molecule has 0 bridgehead atoms. The summed E-state index contributed by atoms with van der Waals surface area (Å²) >= 11 is 0. The molecule has 0 aromatic heterocycles. The van der Waals surface area contributed by atoms with Crippen molar-refractivity contribution in [2.75, 3.05) is 13.1 Å². The molecule has 5 heteroatoms. The first-order valence-electron chi connectivity index (χ1n) is 4.74. The Bertz CT molecular complexity index is 469. The normalized spacial score (nSPS) is 13.6. The molecule has 2 rings (SSSR count). The van der Waals surface area contributed by atoms with Gasteiger partial charge in [0.15, 0.2) is 0 Å². The largest absolute Gasteiger partial charge is 0.272 e. The van der Waals surface area contributed by atoms with E-state index in [9.17, 15) is 14.4 Å². The van der Waals surface area contributed by atoms with Gasteiger partial charge in [-0.2, -0.15) is 0 Å². The average Bonchev–Trinajstić information content (AvgIpc) is 2.55. The lowest BCUT2D eigenvalue weighted by Crippen LogP contribution is -2.32. The number of isocyanates is 1. The Morgan fingerprint density at radius 3 is 2.19 bits per heavy atom. The van der Waals surface area contributed by atoms with Crippen molar-refractivity contribution in [1.82, 2.24) is 4.90 Å². The van der Waals surface area contributed by atoms with Crippen LogP contribution in [0.15, 0.2) is 29.3 Å². The smallest absolute Gasteiger partial charge is 0.261 e. The molecule has 0 atom stereocenters. The minimum absolute atomic E-state index is 0.0922. The minimum Gasteiger partial charge on any atom is -0.272 e. The van der Waals surface area contributed by atoms with Crippen LogP contribution in [0, 0.1) is 0 Å². The Kier molecular flexibility index (Phi) is 2.62. The topological polar surface area (TPSA) is 66.8 Å². The Balaban J connectivity index is 2.24. The van der Waals surface area contributed by atoms with Crippen LogP contribution in [0.3, 0.4) is 0 Å². The van der Waals surface area contributed by atoms with Gasteiger partial charge in [0.2, 0.25) is 6.08 Å². The Morgan fingerprint density at radius 2 is 1.69 bits per heavy atom. The first-order chi connectivity index (χ1) is 7.75. The zero-order chi connectivity index (χ0) is 11.5. The van der Waals surface area contributed by atoms with Gasteiger partial charge in [-0.1, -0.05) is 12.1 Å².